The molecule has 0 rings (SSSR count). The van der Waals surface area contributed by atoms with Gasteiger partial charge in [0.05, 0.1) is 5.75 Å². The molecule has 0 aromatic carbocycles. The van der Waals surface area contributed by atoms with Crippen molar-refractivity contribution in [3.05, 3.63) is 0 Å². The fourth-order valence-corrected chi connectivity index (χ4v) is 1.89. The molecular weight excluding hydrogens is 218 g/mol. The smallest absolute Gasteiger partial charge is 0.423 e. The summed E-state index contributed by atoms with van der Waals surface area (Å²) in [7, 11) is -2.32. The number of hydrogen-bond acceptors (Lipinski definition) is 4. The highest BCUT2D eigenvalue weighted by Gasteiger charge is 2.27. The third-order valence-electron chi connectivity index (χ3n) is 1.53. The predicted molar refractivity (Wildman–Crippen MR) is 58.1 cm³/mol. The van der Waals surface area contributed by atoms with Crippen LogP contribution in [0.4, 0.5) is 4.79 Å². The molecule has 0 aromatic rings. The first kappa shape index (κ1) is 14.2. The Labute approximate surface area is 91.5 Å². The van der Waals surface area contributed by atoms with E-state index in [1.807, 2.05) is 0 Å². The number of nitrogens with zero attached hydrogens (tertiary/aromatic N) is 1. The number of hydrogen-bond donors (Lipinski definition) is 0. The number of amides is 1. The number of carbonyl (C=O) groups is 1. The second-order valence-corrected chi connectivity index (χ2v) is 6.38. The lowest BCUT2D eigenvalue weighted by Crippen LogP contribution is -2.39. The maximum atomic E-state index is 11.5. The zero-order valence-corrected chi connectivity index (χ0v) is 10.7. The summed E-state index contributed by atoms with van der Waals surface area (Å²) in [6.07, 6.45) is -0.369. The van der Waals surface area contributed by atoms with Gasteiger partial charge in [-0.05, 0) is 27.2 Å². The van der Waals surface area contributed by atoms with Crippen LogP contribution in [0.3, 0.4) is 0 Å². The van der Waals surface area contributed by atoms with Crippen LogP contribution in [-0.2, 0) is 14.8 Å². The Balaban J connectivity index is 4.59. The van der Waals surface area contributed by atoms with Crippen LogP contribution < -0.4 is 0 Å². The van der Waals surface area contributed by atoms with Gasteiger partial charge in [-0.3, -0.25) is 0 Å². The highest BCUT2D eigenvalue weighted by atomic mass is 32.2. The SMILES string of the molecule is CCCS(=O)(=O)N(C)C(=O)OC(C)(C)C. The summed E-state index contributed by atoms with van der Waals surface area (Å²) in [4.78, 5) is 11.4. The molecule has 0 N–H and O–H groups in total. The molecule has 0 aliphatic carbocycles. The summed E-state index contributed by atoms with van der Waals surface area (Å²) in [6, 6.07) is 0. The summed E-state index contributed by atoms with van der Waals surface area (Å²) < 4.78 is 28.6. The Hall–Kier alpha value is -0.780. The van der Waals surface area contributed by atoms with Gasteiger partial charge in [-0.25, -0.2) is 17.5 Å². The van der Waals surface area contributed by atoms with Gasteiger partial charge in [-0.2, -0.15) is 0 Å². The van der Waals surface area contributed by atoms with Gasteiger partial charge < -0.3 is 4.74 Å². The lowest BCUT2D eigenvalue weighted by molar-refractivity contribution is 0.0420. The fourth-order valence-electron chi connectivity index (χ4n) is 0.835. The molecule has 0 fully saturated rings. The van der Waals surface area contributed by atoms with E-state index in [2.05, 4.69) is 0 Å². The molecule has 5 nitrogen and oxygen atoms in total. The number of rotatable bonds is 3. The molecule has 0 saturated heterocycles. The standard InChI is InChI=1S/C9H19NO4S/c1-6-7-15(12,13)10(5)8(11)14-9(2,3)4/h6-7H2,1-5H3. The molecule has 15 heavy (non-hydrogen) atoms. The molecule has 6 heteroatoms. The lowest BCUT2D eigenvalue weighted by atomic mass is 10.2. The van der Waals surface area contributed by atoms with Gasteiger partial charge in [-0.15, -0.1) is 0 Å². The average molecular weight is 237 g/mol. The van der Waals surface area contributed by atoms with Crippen molar-refractivity contribution in [2.45, 2.75) is 39.7 Å². The Morgan fingerprint density at radius 2 is 1.80 bits per heavy atom. The molecule has 90 valence electrons. The summed E-state index contributed by atoms with van der Waals surface area (Å²) in [5.74, 6) is -0.0528. The molecule has 0 radical (unpaired) electrons. The van der Waals surface area contributed by atoms with Gasteiger partial charge in [0.15, 0.2) is 0 Å². The van der Waals surface area contributed by atoms with Gasteiger partial charge in [0.2, 0.25) is 10.0 Å². The first-order chi connectivity index (χ1) is 6.60. The molecule has 0 atom stereocenters. The van der Waals surface area contributed by atoms with Crippen LogP contribution in [0, 0.1) is 0 Å². The first-order valence-electron chi connectivity index (χ1n) is 4.79. The van der Waals surface area contributed by atoms with Crippen LogP contribution in [-0.4, -0.2) is 37.2 Å². The zero-order valence-electron chi connectivity index (χ0n) is 9.90. The van der Waals surface area contributed by atoms with Crippen LogP contribution >= 0.6 is 0 Å². The average Bonchev–Trinajstić information content (AvgIpc) is 1.99. The van der Waals surface area contributed by atoms with E-state index in [1.54, 1.807) is 27.7 Å². The first-order valence-corrected chi connectivity index (χ1v) is 6.40. The maximum Gasteiger partial charge on any atom is 0.423 e. The van der Waals surface area contributed by atoms with E-state index in [4.69, 9.17) is 4.74 Å². The van der Waals surface area contributed by atoms with Crippen LogP contribution in [0.1, 0.15) is 34.1 Å². The van der Waals surface area contributed by atoms with Crippen molar-refractivity contribution in [2.24, 2.45) is 0 Å². The van der Waals surface area contributed by atoms with Crippen LogP contribution in [0.2, 0.25) is 0 Å². The Morgan fingerprint density at radius 1 is 1.33 bits per heavy atom. The van der Waals surface area contributed by atoms with Gasteiger partial charge in [0.1, 0.15) is 5.60 Å². The van der Waals surface area contributed by atoms with E-state index in [9.17, 15) is 13.2 Å². The van der Waals surface area contributed by atoms with Gasteiger partial charge in [-0.1, -0.05) is 6.92 Å². The highest BCUT2D eigenvalue weighted by molar-refractivity contribution is 7.89. The number of sulfonamides is 1. The van der Waals surface area contributed by atoms with Crippen LogP contribution in [0.15, 0.2) is 0 Å². The van der Waals surface area contributed by atoms with Crippen molar-refractivity contribution in [1.82, 2.24) is 4.31 Å². The minimum absolute atomic E-state index is 0.0528. The van der Waals surface area contributed by atoms with Crippen LogP contribution in [0.5, 0.6) is 0 Å². The molecule has 1 amide bonds. The van der Waals surface area contributed by atoms with E-state index in [0.717, 1.165) is 0 Å². The van der Waals surface area contributed by atoms with Crippen molar-refractivity contribution in [1.29, 1.82) is 0 Å². The summed E-state index contributed by atoms with van der Waals surface area (Å²) >= 11 is 0. The van der Waals surface area contributed by atoms with Crippen molar-refractivity contribution in [3.63, 3.8) is 0 Å². The Bertz CT molecular complexity index is 315. The summed E-state index contributed by atoms with van der Waals surface area (Å²) in [5.41, 5.74) is -0.687. The summed E-state index contributed by atoms with van der Waals surface area (Å²) in [5, 5.41) is 0. The van der Waals surface area contributed by atoms with Crippen molar-refractivity contribution in [2.75, 3.05) is 12.8 Å². The fraction of sp³-hybridized carbons (Fsp3) is 0.889. The van der Waals surface area contributed by atoms with Crippen molar-refractivity contribution in [3.8, 4) is 0 Å². The van der Waals surface area contributed by atoms with E-state index < -0.39 is 21.7 Å². The minimum Gasteiger partial charge on any atom is -0.443 e. The Kier molecular flexibility index (Phi) is 4.58. The van der Waals surface area contributed by atoms with Gasteiger partial charge in [0.25, 0.3) is 0 Å². The van der Waals surface area contributed by atoms with Crippen molar-refractivity contribution >= 4 is 16.1 Å². The third-order valence-corrected chi connectivity index (χ3v) is 3.44. The second-order valence-electron chi connectivity index (χ2n) is 4.26. The van der Waals surface area contributed by atoms with Gasteiger partial charge in [0, 0.05) is 7.05 Å². The molecule has 0 heterocycles. The molecule has 0 spiro atoms. The number of carbonyl (C=O) groups excluding carboxylic acids is 1. The Morgan fingerprint density at radius 3 is 2.13 bits per heavy atom. The van der Waals surface area contributed by atoms with E-state index >= 15 is 0 Å². The molecular formula is C9H19NO4S. The van der Waals surface area contributed by atoms with E-state index in [0.29, 0.717) is 10.7 Å². The molecule has 0 saturated carbocycles. The maximum absolute atomic E-state index is 11.5. The predicted octanol–water partition coefficient (Wildman–Crippen LogP) is 1.59. The highest BCUT2D eigenvalue weighted by Crippen LogP contribution is 2.11. The topological polar surface area (TPSA) is 63.7 Å². The van der Waals surface area contributed by atoms with Crippen molar-refractivity contribution < 1.29 is 17.9 Å². The second kappa shape index (κ2) is 4.83. The van der Waals surface area contributed by atoms with E-state index in [-0.39, 0.29) is 5.75 Å². The largest absolute Gasteiger partial charge is 0.443 e. The quantitative estimate of drug-likeness (QED) is 0.747. The normalized spacial score (nSPS) is 12.3. The monoisotopic (exact) mass is 237 g/mol. The molecule has 0 bridgehead atoms. The molecule has 0 aliphatic rings. The molecule has 0 aliphatic heterocycles. The lowest BCUT2D eigenvalue weighted by Gasteiger charge is -2.24. The molecule has 0 aromatic heterocycles. The molecule has 0 unspecified atom stereocenters. The third kappa shape index (κ3) is 5.01. The minimum atomic E-state index is -3.52. The van der Waals surface area contributed by atoms with E-state index in [1.165, 1.54) is 7.05 Å². The van der Waals surface area contributed by atoms with Gasteiger partial charge >= 0.3 is 6.09 Å². The number of ether oxygens (including phenoxy) is 1. The zero-order chi connectivity index (χ0) is 12.3. The van der Waals surface area contributed by atoms with Crippen LogP contribution in [0.25, 0.3) is 0 Å². The summed E-state index contributed by atoms with van der Waals surface area (Å²) in [6.45, 7) is 6.79.